The summed E-state index contributed by atoms with van der Waals surface area (Å²) < 4.78 is 20.5. The maximum absolute atomic E-state index is 11.3. The van der Waals surface area contributed by atoms with Crippen LogP contribution in [0.4, 0.5) is 0 Å². The lowest BCUT2D eigenvalue weighted by atomic mass is 10.3. The van der Waals surface area contributed by atoms with Gasteiger partial charge in [0, 0.05) is 6.21 Å². The highest BCUT2D eigenvalue weighted by molar-refractivity contribution is 7.95. The van der Waals surface area contributed by atoms with Crippen molar-refractivity contribution in [3.05, 3.63) is 0 Å². The predicted octanol–water partition coefficient (Wildman–Crippen LogP) is 1.41. The zero-order valence-electron chi connectivity index (χ0n) is 6.76. The Bertz CT molecular complexity index is 240. The van der Waals surface area contributed by atoms with Crippen molar-refractivity contribution >= 4 is 27.7 Å². The van der Waals surface area contributed by atoms with Gasteiger partial charge in [-0.1, -0.05) is 11.6 Å². The van der Waals surface area contributed by atoms with E-state index in [1.165, 1.54) is 0 Å². The van der Waals surface area contributed by atoms with Crippen LogP contribution in [0.2, 0.25) is 0 Å². The first-order valence-corrected chi connectivity index (χ1v) is 5.10. The summed E-state index contributed by atoms with van der Waals surface area (Å²) in [5.74, 6) is 0. The zero-order chi connectivity index (χ0) is 9.28. The van der Waals surface area contributed by atoms with E-state index in [1.54, 1.807) is 20.8 Å². The van der Waals surface area contributed by atoms with Gasteiger partial charge in [0.05, 0.1) is 4.75 Å². The molecule has 0 heterocycles. The molecule has 5 heteroatoms. The quantitative estimate of drug-likeness (QED) is 0.538. The fraction of sp³-hybridized carbons (Fsp3) is 0.833. The van der Waals surface area contributed by atoms with Crippen LogP contribution in [0.15, 0.2) is 0 Å². The molecule has 0 aliphatic rings. The van der Waals surface area contributed by atoms with Crippen molar-refractivity contribution in [3.63, 3.8) is 0 Å². The third kappa shape index (κ3) is 2.17. The van der Waals surface area contributed by atoms with E-state index in [9.17, 15) is 8.42 Å². The van der Waals surface area contributed by atoms with E-state index in [4.69, 9.17) is 17.0 Å². The van der Waals surface area contributed by atoms with Crippen molar-refractivity contribution in [1.82, 2.24) is 0 Å². The van der Waals surface area contributed by atoms with Crippen LogP contribution in [-0.2, 0) is 9.84 Å². The molecule has 0 bridgehead atoms. The molecule has 0 spiro atoms. The number of sulfone groups is 1. The Labute approximate surface area is 72.2 Å². The number of hydrogen-bond donors (Lipinski definition) is 1. The number of nitrogens with one attached hydrogen (secondary N) is 1. The van der Waals surface area contributed by atoms with E-state index in [2.05, 4.69) is 0 Å². The normalized spacial score (nSPS) is 16.0. The molecule has 0 saturated carbocycles. The van der Waals surface area contributed by atoms with E-state index in [0.29, 0.717) is 0 Å². The Morgan fingerprint density at radius 1 is 1.45 bits per heavy atom. The molecular weight excluding hydrogens is 186 g/mol. The summed E-state index contributed by atoms with van der Waals surface area (Å²) in [4.78, 5) is 0. The first kappa shape index (κ1) is 10.9. The summed E-state index contributed by atoms with van der Waals surface area (Å²) in [6.07, 6.45) is 0.724. The molecule has 0 saturated heterocycles. The van der Waals surface area contributed by atoms with Gasteiger partial charge in [0.1, 0.15) is 0 Å². The molecule has 0 aliphatic heterocycles. The predicted molar refractivity (Wildman–Crippen MR) is 47.1 cm³/mol. The summed E-state index contributed by atoms with van der Waals surface area (Å²) >= 11 is 5.41. The topological polar surface area (TPSA) is 58.0 Å². The average Bonchev–Trinajstić information content (AvgIpc) is 1.83. The van der Waals surface area contributed by atoms with Crippen LogP contribution in [0.3, 0.4) is 0 Å². The van der Waals surface area contributed by atoms with Crippen molar-refractivity contribution in [2.24, 2.45) is 0 Å². The van der Waals surface area contributed by atoms with Crippen molar-refractivity contribution in [2.75, 3.05) is 0 Å². The molecule has 0 amide bonds. The lowest BCUT2D eigenvalue weighted by Crippen LogP contribution is -2.35. The van der Waals surface area contributed by atoms with Crippen LogP contribution >= 0.6 is 11.6 Å². The minimum Gasteiger partial charge on any atom is -0.310 e. The first-order valence-electron chi connectivity index (χ1n) is 3.11. The van der Waals surface area contributed by atoms with Crippen molar-refractivity contribution in [1.29, 1.82) is 5.41 Å². The fourth-order valence-electron chi connectivity index (χ4n) is 0.427. The molecule has 1 atom stereocenters. The standard InChI is InChI=1S/C6H12ClNO2S/c1-6(2,3)11(9,10)5(7)4-8/h4-5,8H,1-3H3. The van der Waals surface area contributed by atoms with Gasteiger partial charge in [-0.25, -0.2) is 8.42 Å². The minimum atomic E-state index is -3.40. The molecule has 0 rings (SSSR count). The van der Waals surface area contributed by atoms with Gasteiger partial charge in [-0.15, -0.1) is 0 Å². The van der Waals surface area contributed by atoms with E-state index >= 15 is 0 Å². The van der Waals surface area contributed by atoms with Crippen molar-refractivity contribution in [3.8, 4) is 0 Å². The van der Waals surface area contributed by atoms with Crippen molar-refractivity contribution in [2.45, 2.75) is 30.2 Å². The van der Waals surface area contributed by atoms with Crippen LogP contribution in [0.1, 0.15) is 20.8 Å². The molecule has 0 radical (unpaired) electrons. The smallest absolute Gasteiger partial charge is 0.177 e. The highest BCUT2D eigenvalue weighted by Gasteiger charge is 2.34. The molecule has 66 valence electrons. The van der Waals surface area contributed by atoms with Crippen LogP contribution in [0, 0.1) is 5.41 Å². The maximum atomic E-state index is 11.3. The highest BCUT2D eigenvalue weighted by Crippen LogP contribution is 2.21. The van der Waals surface area contributed by atoms with Gasteiger partial charge < -0.3 is 5.41 Å². The van der Waals surface area contributed by atoms with Gasteiger partial charge in [-0.2, -0.15) is 0 Å². The molecule has 3 nitrogen and oxygen atoms in total. The lowest BCUT2D eigenvalue weighted by molar-refractivity contribution is 0.562. The highest BCUT2D eigenvalue weighted by atomic mass is 35.5. The molecule has 1 N–H and O–H groups in total. The van der Waals surface area contributed by atoms with Crippen LogP contribution < -0.4 is 0 Å². The first-order chi connectivity index (χ1) is 4.73. The molecule has 0 aromatic carbocycles. The van der Waals surface area contributed by atoms with E-state index in [-0.39, 0.29) is 0 Å². The zero-order valence-corrected chi connectivity index (χ0v) is 8.33. The van der Waals surface area contributed by atoms with Crippen LogP contribution in [0.25, 0.3) is 0 Å². The van der Waals surface area contributed by atoms with Gasteiger partial charge in [-0.05, 0) is 20.8 Å². The Morgan fingerprint density at radius 2 is 1.82 bits per heavy atom. The van der Waals surface area contributed by atoms with Gasteiger partial charge in [0.2, 0.25) is 0 Å². The fourth-order valence-corrected chi connectivity index (χ4v) is 2.08. The summed E-state index contributed by atoms with van der Waals surface area (Å²) in [5.41, 5.74) is 0. The summed E-state index contributed by atoms with van der Waals surface area (Å²) in [5, 5.41) is 6.71. The third-order valence-corrected chi connectivity index (χ3v) is 4.55. The van der Waals surface area contributed by atoms with E-state index < -0.39 is 19.3 Å². The largest absolute Gasteiger partial charge is 0.310 e. The number of hydrogen-bond acceptors (Lipinski definition) is 3. The second-order valence-corrected chi connectivity index (χ2v) is 6.73. The number of halogens is 1. The Hall–Kier alpha value is -0.0900. The van der Waals surface area contributed by atoms with E-state index in [0.717, 1.165) is 6.21 Å². The second-order valence-electron chi connectivity index (χ2n) is 3.18. The monoisotopic (exact) mass is 197 g/mol. The lowest BCUT2D eigenvalue weighted by Gasteiger charge is -2.20. The Morgan fingerprint density at radius 3 is 1.91 bits per heavy atom. The van der Waals surface area contributed by atoms with Gasteiger partial charge >= 0.3 is 0 Å². The minimum absolute atomic E-state index is 0.724. The van der Waals surface area contributed by atoms with Crippen molar-refractivity contribution < 1.29 is 8.42 Å². The second kappa shape index (κ2) is 3.11. The van der Waals surface area contributed by atoms with Crippen LogP contribution in [0.5, 0.6) is 0 Å². The molecule has 1 unspecified atom stereocenters. The molecular formula is C6H12ClNO2S. The average molecular weight is 198 g/mol. The number of rotatable bonds is 2. The summed E-state index contributed by atoms with van der Waals surface area (Å²) in [6.45, 7) is 4.67. The van der Waals surface area contributed by atoms with Gasteiger partial charge in [0.15, 0.2) is 14.5 Å². The van der Waals surface area contributed by atoms with Gasteiger partial charge in [-0.3, -0.25) is 0 Å². The summed E-state index contributed by atoms with van der Waals surface area (Å²) in [6, 6.07) is 0. The molecule has 0 fully saturated rings. The van der Waals surface area contributed by atoms with Gasteiger partial charge in [0.25, 0.3) is 0 Å². The number of alkyl halides is 1. The Balaban J connectivity index is 4.91. The summed E-state index contributed by atoms with van der Waals surface area (Å²) in [7, 11) is -3.40. The maximum Gasteiger partial charge on any atom is 0.177 e. The Kier molecular flexibility index (Phi) is 3.08. The van der Waals surface area contributed by atoms with Crippen LogP contribution in [-0.4, -0.2) is 24.1 Å². The molecule has 0 aromatic rings. The SMILES string of the molecule is CC(C)(C)S(=O)(=O)C(Cl)C=N. The third-order valence-electron chi connectivity index (χ3n) is 1.28. The van der Waals surface area contributed by atoms with E-state index in [1.807, 2.05) is 0 Å². The molecule has 11 heavy (non-hydrogen) atoms. The molecule has 0 aromatic heterocycles. The molecule has 0 aliphatic carbocycles.